The molecule has 1 aliphatic rings. The summed E-state index contributed by atoms with van der Waals surface area (Å²) >= 11 is 0. The van der Waals surface area contributed by atoms with E-state index in [2.05, 4.69) is 112 Å². The largest absolute Gasteiger partial charge is 0.289 e. The summed E-state index contributed by atoms with van der Waals surface area (Å²) in [5, 5.41) is 0. The maximum atomic E-state index is 13.0. The Morgan fingerprint density at radius 1 is 0.471 bits per heavy atom. The lowest BCUT2D eigenvalue weighted by Crippen LogP contribution is -2.20. The van der Waals surface area contributed by atoms with E-state index in [1.54, 1.807) is 19.1 Å². The minimum atomic E-state index is -0.0228. The minimum Gasteiger partial charge on any atom is -0.289 e. The molecule has 0 heterocycles. The average Bonchev–Trinajstić information content (AvgIpc) is 3.07. The summed E-state index contributed by atoms with van der Waals surface area (Å²) in [6.07, 6.45) is 31.6. The number of rotatable bonds is 20. The van der Waals surface area contributed by atoms with Crippen LogP contribution in [0.4, 0.5) is 0 Å². The third kappa shape index (κ3) is 19.6. The smallest absolute Gasteiger partial charge is 0.190 e. The van der Waals surface area contributed by atoms with Crippen molar-refractivity contribution in [3.63, 3.8) is 0 Å². The fourth-order valence-electron chi connectivity index (χ4n) is 6.01. The highest BCUT2D eigenvalue weighted by atomic mass is 16.1. The lowest BCUT2D eigenvalue weighted by molar-refractivity contribution is 0.0973. The third-order valence-corrected chi connectivity index (χ3v) is 9.39. The van der Waals surface area contributed by atoms with Gasteiger partial charge in [-0.2, -0.15) is 0 Å². The van der Waals surface area contributed by atoms with E-state index in [0.29, 0.717) is 28.7 Å². The molecule has 1 aromatic carbocycles. The van der Waals surface area contributed by atoms with Gasteiger partial charge in [0.25, 0.3) is 0 Å². The Hall–Kier alpha value is -3.52. The van der Waals surface area contributed by atoms with Crippen LogP contribution in [0.3, 0.4) is 0 Å². The van der Waals surface area contributed by atoms with Crippen molar-refractivity contribution in [2.75, 3.05) is 0 Å². The van der Waals surface area contributed by atoms with E-state index in [1.165, 1.54) is 58.3 Å². The molecule has 0 saturated carbocycles. The van der Waals surface area contributed by atoms with Crippen molar-refractivity contribution in [3.05, 3.63) is 128 Å². The molecule has 280 valence electrons. The van der Waals surface area contributed by atoms with Gasteiger partial charge in [-0.3, -0.25) is 9.59 Å². The highest BCUT2D eigenvalue weighted by molar-refractivity contribution is 6.26. The molecule has 0 unspecified atom stereocenters. The van der Waals surface area contributed by atoms with E-state index in [4.69, 9.17) is 0 Å². The molecule has 0 fully saturated rings. The lowest BCUT2D eigenvalue weighted by Gasteiger charge is -2.18. The van der Waals surface area contributed by atoms with Crippen LogP contribution >= 0.6 is 0 Å². The second-order valence-corrected chi connectivity index (χ2v) is 15.0. The van der Waals surface area contributed by atoms with Crippen molar-refractivity contribution in [1.82, 2.24) is 0 Å². The van der Waals surface area contributed by atoms with Crippen LogP contribution in [-0.4, -0.2) is 11.6 Å². The molecule has 1 aliphatic carbocycles. The van der Waals surface area contributed by atoms with Crippen LogP contribution < -0.4 is 0 Å². The van der Waals surface area contributed by atoms with Gasteiger partial charge < -0.3 is 0 Å². The number of fused-ring (bicyclic) bond motifs is 1. The molecule has 2 rings (SSSR count). The number of carbonyl (C=O) groups is 2. The Morgan fingerprint density at radius 3 is 1.10 bits per heavy atom. The number of carbonyl (C=O) groups excluding carboxylic acids is 2. The van der Waals surface area contributed by atoms with Gasteiger partial charge in [0.05, 0.1) is 0 Å². The molecule has 0 aromatic heterocycles. The van der Waals surface area contributed by atoms with Gasteiger partial charge in [0, 0.05) is 22.3 Å². The predicted octanol–water partition coefficient (Wildman–Crippen LogP) is 15.5. The molecule has 0 spiro atoms. The molecule has 0 radical (unpaired) electrons. The van der Waals surface area contributed by atoms with Crippen molar-refractivity contribution in [3.8, 4) is 0 Å². The van der Waals surface area contributed by atoms with E-state index in [0.717, 1.165) is 64.2 Å². The number of Topliss-reactive ketones (excluding diaryl/α,β-unsaturated/α-hetero) is 2. The Morgan fingerprint density at radius 2 is 0.765 bits per heavy atom. The van der Waals surface area contributed by atoms with Crippen LogP contribution in [0.15, 0.2) is 117 Å². The standard InChI is InChI=1S/C46H64O2.C3H8/c1-34(2)18-12-19-35(3)20-13-21-36(4)22-14-23-37(5)24-15-25-38(6)26-16-27-39(7)28-17-29-40(8)32-33-42-41(9)45(47)43-30-10-11-31-44(43)46(42)48;1-3-2/h10-11,18,20,22,24,26,28,30-32H,12-17,19,21,23,25,27,29,33H2,1-9H3;3H2,1-2H3/b35-20+,36-22+,37-24+,38-26+,39-28+,40-32+;. The number of hydrogen-bond donors (Lipinski definition) is 0. The van der Waals surface area contributed by atoms with Crippen molar-refractivity contribution >= 4 is 11.6 Å². The Balaban J connectivity index is 0.00000418. The minimum absolute atomic E-state index is 0.00832. The Bertz CT molecular complexity index is 1500. The van der Waals surface area contributed by atoms with Crippen molar-refractivity contribution < 1.29 is 9.59 Å². The van der Waals surface area contributed by atoms with Gasteiger partial charge in [-0.05, 0) is 146 Å². The highest BCUT2D eigenvalue weighted by Crippen LogP contribution is 2.28. The zero-order chi connectivity index (χ0) is 38.2. The summed E-state index contributed by atoms with van der Waals surface area (Å²) in [4.78, 5) is 25.7. The first kappa shape index (κ1) is 45.5. The number of hydrogen-bond acceptors (Lipinski definition) is 2. The summed E-state index contributed by atoms with van der Waals surface area (Å²) in [7, 11) is 0. The maximum Gasteiger partial charge on any atom is 0.190 e. The van der Waals surface area contributed by atoms with E-state index < -0.39 is 0 Å². The lowest BCUT2D eigenvalue weighted by atomic mass is 9.83. The molecular weight excluding hydrogens is 621 g/mol. The average molecular weight is 693 g/mol. The highest BCUT2D eigenvalue weighted by Gasteiger charge is 2.28. The SMILES string of the molecule is CC(C)=CCC/C(C)=C/CC/C(C)=C/CC/C(C)=C/CC/C(C)=C/CC/C(C)=C/CC/C(C)=C/CC1=C(C)C(=O)c2ccccc2C1=O.CCC. The van der Waals surface area contributed by atoms with Gasteiger partial charge in [0.1, 0.15) is 0 Å². The van der Waals surface area contributed by atoms with E-state index in [-0.39, 0.29) is 11.6 Å². The molecule has 0 saturated heterocycles. The molecular formula is C49H72O2. The quantitative estimate of drug-likeness (QED) is 0.127. The summed E-state index contributed by atoms with van der Waals surface area (Å²) in [5.41, 5.74) is 12.4. The molecule has 0 atom stereocenters. The monoisotopic (exact) mass is 693 g/mol. The Labute approximate surface area is 314 Å². The van der Waals surface area contributed by atoms with Crippen molar-refractivity contribution in [1.29, 1.82) is 0 Å². The van der Waals surface area contributed by atoms with Crippen molar-refractivity contribution in [2.45, 2.75) is 166 Å². The molecule has 1 aromatic rings. The van der Waals surface area contributed by atoms with Crippen LogP contribution in [0.2, 0.25) is 0 Å². The molecule has 51 heavy (non-hydrogen) atoms. The van der Waals surface area contributed by atoms with Gasteiger partial charge in [-0.15, -0.1) is 0 Å². The van der Waals surface area contributed by atoms with Crippen LogP contribution in [-0.2, 0) is 0 Å². The number of ketones is 2. The summed E-state index contributed by atoms with van der Waals surface area (Å²) in [6, 6.07) is 7.15. The normalized spacial score (nSPS) is 14.8. The van der Waals surface area contributed by atoms with Crippen molar-refractivity contribution in [2.24, 2.45) is 0 Å². The fraction of sp³-hybridized carbons (Fsp3) is 0.510. The van der Waals surface area contributed by atoms with Crippen LogP contribution in [0.25, 0.3) is 0 Å². The summed E-state index contributed by atoms with van der Waals surface area (Å²) < 4.78 is 0. The molecule has 0 N–H and O–H groups in total. The molecule has 0 bridgehead atoms. The summed E-state index contributed by atoms with van der Waals surface area (Å²) in [5.74, 6) is -0.0311. The summed E-state index contributed by atoms with van der Waals surface area (Å²) in [6.45, 7) is 23.8. The molecule has 0 aliphatic heterocycles. The topological polar surface area (TPSA) is 34.1 Å². The second kappa shape index (κ2) is 26.3. The van der Waals surface area contributed by atoms with Gasteiger partial charge >= 0.3 is 0 Å². The zero-order valence-corrected chi connectivity index (χ0v) is 34.6. The van der Waals surface area contributed by atoms with Gasteiger partial charge in [0.15, 0.2) is 11.6 Å². The van der Waals surface area contributed by atoms with E-state index in [1.807, 2.05) is 12.1 Å². The van der Waals surface area contributed by atoms with Gasteiger partial charge in [0.2, 0.25) is 0 Å². The van der Waals surface area contributed by atoms with Gasteiger partial charge in [-0.1, -0.05) is 126 Å². The van der Waals surface area contributed by atoms with E-state index >= 15 is 0 Å². The second-order valence-electron chi connectivity index (χ2n) is 15.0. The predicted molar refractivity (Wildman–Crippen MR) is 226 cm³/mol. The number of benzene rings is 1. The third-order valence-electron chi connectivity index (χ3n) is 9.39. The first-order chi connectivity index (χ1) is 24.3. The maximum absolute atomic E-state index is 13.0. The first-order valence-corrected chi connectivity index (χ1v) is 19.8. The van der Waals surface area contributed by atoms with Gasteiger partial charge in [-0.25, -0.2) is 0 Å². The Kier molecular flexibility index (Phi) is 23.4. The van der Waals surface area contributed by atoms with E-state index in [9.17, 15) is 9.59 Å². The van der Waals surface area contributed by atoms with Crippen LogP contribution in [0, 0.1) is 0 Å². The first-order valence-electron chi connectivity index (χ1n) is 19.8. The molecule has 2 heteroatoms. The number of allylic oxidation sites excluding steroid dienone is 16. The zero-order valence-electron chi connectivity index (χ0n) is 34.6. The van der Waals surface area contributed by atoms with Crippen LogP contribution in [0.5, 0.6) is 0 Å². The fourth-order valence-corrected chi connectivity index (χ4v) is 6.01. The molecule has 0 amide bonds. The molecule has 2 nitrogen and oxygen atoms in total. The van der Waals surface area contributed by atoms with Crippen LogP contribution in [0.1, 0.15) is 187 Å².